The molecule has 1 heterocycles. The number of carbonyl (C=O) groups excluding carboxylic acids is 1. The number of carbonyl (C=O) groups is 1. The Labute approximate surface area is 156 Å². The molecule has 6 nitrogen and oxygen atoms in total. The first-order valence-electron chi connectivity index (χ1n) is 8.07. The molecule has 0 aliphatic carbocycles. The van der Waals surface area contributed by atoms with Crippen LogP contribution >= 0.6 is 0 Å². The number of nitrogens with one attached hydrogen (secondary N) is 1. The molecular weight excluding hydrogens is 340 g/mol. The largest absolute Gasteiger partial charge is 0.485 e. The highest BCUT2D eigenvalue weighted by atomic mass is 16.5. The van der Waals surface area contributed by atoms with E-state index in [0.717, 1.165) is 5.56 Å². The number of para-hydroxylation sites is 1. The van der Waals surface area contributed by atoms with Gasteiger partial charge in [-0.15, -0.1) is 0 Å². The Hall–Kier alpha value is -4.16. The Morgan fingerprint density at radius 3 is 2.52 bits per heavy atom. The Morgan fingerprint density at radius 1 is 1.04 bits per heavy atom. The van der Waals surface area contributed by atoms with Gasteiger partial charge < -0.3 is 10.1 Å². The maximum absolute atomic E-state index is 12.4. The van der Waals surface area contributed by atoms with Crippen LogP contribution in [-0.2, 0) is 6.61 Å². The summed E-state index contributed by atoms with van der Waals surface area (Å²) in [7, 11) is 0. The van der Waals surface area contributed by atoms with E-state index in [9.17, 15) is 10.1 Å². The van der Waals surface area contributed by atoms with E-state index in [1.54, 1.807) is 60.8 Å². The highest BCUT2D eigenvalue weighted by Gasteiger charge is 2.14. The second-order valence-corrected chi connectivity index (χ2v) is 5.59. The third-order valence-electron chi connectivity index (χ3n) is 3.77. The molecule has 0 aliphatic heterocycles. The predicted molar refractivity (Wildman–Crippen MR) is 98.8 cm³/mol. The van der Waals surface area contributed by atoms with E-state index < -0.39 is 0 Å². The molecule has 0 atom stereocenters. The zero-order chi connectivity index (χ0) is 19.1. The van der Waals surface area contributed by atoms with Gasteiger partial charge in [-0.2, -0.15) is 10.5 Å². The van der Waals surface area contributed by atoms with E-state index in [1.807, 2.05) is 0 Å². The smallest absolute Gasteiger partial charge is 0.257 e. The van der Waals surface area contributed by atoms with E-state index in [1.165, 1.54) is 6.20 Å². The SMILES string of the molecule is N#Cc1ccc(COc2c(C#N)cccc2NC(=O)c2cccnc2)cc1. The first-order chi connectivity index (χ1) is 13.2. The molecule has 6 heteroatoms. The third kappa shape index (κ3) is 4.28. The zero-order valence-corrected chi connectivity index (χ0v) is 14.2. The van der Waals surface area contributed by atoms with Crippen molar-refractivity contribution in [3.05, 3.63) is 89.2 Å². The molecule has 3 aromatic rings. The minimum Gasteiger partial charge on any atom is -0.485 e. The van der Waals surface area contributed by atoms with E-state index in [2.05, 4.69) is 22.4 Å². The van der Waals surface area contributed by atoms with E-state index in [4.69, 9.17) is 10.00 Å². The van der Waals surface area contributed by atoms with Gasteiger partial charge in [-0.05, 0) is 42.0 Å². The summed E-state index contributed by atoms with van der Waals surface area (Å²) in [4.78, 5) is 16.3. The number of amides is 1. The van der Waals surface area contributed by atoms with Crippen molar-refractivity contribution in [1.82, 2.24) is 4.98 Å². The average molecular weight is 354 g/mol. The Morgan fingerprint density at radius 2 is 1.85 bits per heavy atom. The lowest BCUT2D eigenvalue weighted by molar-refractivity contribution is 0.102. The van der Waals surface area contributed by atoms with Crippen LogP contribution in [0, 0.1) is 22.7 Å². The van der Waals surface area contributed by atoms with Gasteiger partial charge in [0.15, 0.2) is 5.75 Å². The standard InChI is InChI=1S/C21H14N4O2/c22-11-15-6-8-16(9-7-15)14-27-20-17(12-23)3-1-5-19(20)25-21(26)18-4-2-10-24-13-18/h1-10,13H,14H2,(H,25,26). The molecule has 0 unspecified atom stereocenters. The molecule has 0 radical (unpaired) electrons. The van der Waals surface area contributed by atoms with Crippen molar-refractivity contribution in [1.29, 1.82) is 10.5 Å². The summed E-state index contributed by atoms with van der Waals surface area (Å²) in [6.45, 7) is 0.195. The number of anilines is 1. The summed E-state index contributed by atoms with van der Waals surface area (Å²) in [5, 5.41) is 21.0. The van der Waals surface area contributed by atoms with Crippen molar-refractivity contribution in [2.45, 2.75) is 6.61 Å². The fourth-order valence-electron chi connectivity index (χ4n) is 2.40. The fourth-order valence-corrected chi connectivity index (χ4v) is 2.40. The van der Waals surface area contributed by atoms with Crippen molar-refractivity contribution < 1.29 is 9.53 Å². The lowest BCUT2D eigenvalue weighted by Crippen LogP contribution is -2.13. The van der Waals surface area contributed by atoms with Crippen molar-refractivity contribution in [3.8, 4) is 17.9 Å². The number of pyridine rings is 1. The molecule has 2 aromatic carbocycles. The molecule has 130 valence electrons. The van der Waals surface area contributed by atoms with Gasteiger partial charge in [0.25, 0.3) is 5.91 Å². The normalized spacial score (nSPS) is 9.70. The average Bonchev–Trinajstić information content (AvgIpc) is 2.73. The summed E-state index contributed by atoms with van der Waals surface area (Å²) in [5.41, 5.74) is 2.51. The van der Waals surface area contributed by atoms with Crippen LogP contribution in [0.5, 0.6) is 5.75 Å². The van der Waals surface area contributed by atoms with Crippen LogP contribution < -0.4 is 10.1 Å². The number of nitrogens with zero attached hydrogens (tertiary/aromatic N) is 3. The van der Waals surface area contributed by atoms with Crippen LogP contribution in [0.3, 0.4) is 0 Å². The number of benzene rings is 2. The van der Waals surface area contributed by atoms with Crippen LogP contribution in [0.15, 0.2) is 67.0 Å². The molecule has 0 spiro atoms. The second kappa shape index (κ2) is 8.28. The van der Waals surface area contributed by atoms with Gasteiger partial charge in [0.05, 0.1) is 28.4 Å². The van der Waals surface area contributed by atoms with E-state index in [-0.39, 0.29) is 12.5 Å². The maximum Gasteiger partial charge on any atom is 0.257 e. The fraction of sp³-hybridized carbons (Fsp3) is 0.0476. The molecule has 1 N–H and O–H groups in total. The number of hydrogen-bond donors (Lipinski definition) is 1. The number of ether oxygens (including phenoxy) is 1. The van der Waals surface area contributed by atoms with Crippen molar-refractivity contribution >= 4 is 11.6 Å². The molecule has 0 saturated carbocycles. The third-order valence-corrected chi connectivity index (χ3v) is 3.77. The van der Waals surface area contributed by atoms with Crippen LogP contribution in [0.25, 0.3) is 0 Å². The summed E-state index contributed by atoms with van der Waals surface area (Å²) < 4.78 is 5.82. The summed E-state index contributed by atoms with van der Waals surface area (Å²) in [6.07, 6.45) is 3.04. The summed E-state index contributed by atoms with van der Waals surface area (Å²) in [5.74, 6) is -0.0528. The van der Waals surface area contributed by atoms with Gasteiger partial charge >= 0.3 is 0 Å². The Bertz CT molecular complexity index is 1030. The number of rotatable bonds is 5. The molecule has 1 amide bonds. The monoisotopic (exact) mass is 354 g/mol. The molecule has 3 rings (SSSR count). The van der Waals surface area contributed by atoms with E-state index >= 15 is 0 Å². The first kappa shape index (κ1) is 17.7. The quantitative estimate of drug-likeness (QED) is 0.754. The number of hydrogen-bond acceptors (Lipinski definition) is 5. The lowest BCUT2D eigenvalue weighted by Gasteiger charge is -2.14. The van der Waals surface area contributed by atoms with Gasteiger partial charge in [-0.25, -0.2) is 0 Å². The predicted octanol–water partition coefficient (Wildman–Crippen LogP) is 3.66. The van der Waals surface area contributed by atoms with Crippen LogP contribution in [0.2, 0.25) is 0 Å². The highest BCUT2D eigenvalue weighted by molar-refractivity contribution is 6.05. The summed E-state index contributed by atoms with van der Waals surface area (Å²) in [6, 6.07) is 19.4. The first-order valence-corrected chi connectivity index (χ1v) is 8.07. The molecule has 0 saturated heterocycles. The highest BCUT2D eigenvalue weighted by Crippen LogP contribution is 2.30. The van der Waals surface area contributed by atoms with E-state index in [0.29, 0.717) is 28.1 Å². The van der Waals surface area contributed by atoms with Crippen LogP contribution in [0.1, 0.15) is 27.0 Å². The lowest BCUT2D eigenvalue weighted by atomic mass is 10.1. The van der Waals surface area contributed by atoms with Gasteiger partial charge in [-0.1, -0.05) is 18.2 Å². The van der Waals surface area contributed by atoms with Crippen LogP contribution in [-0.4, -0.2) is 10.9 Å². The topological polar surface area (TPSA) is 98.8 Å². The van der Waals surface area contributed by atoms with Crippen LogP contribution in [0.4, 0.5) is 5.69 Å². The molecule has 0 aliphatic rings. The molecular formula is C21H14N4O2. The number of nitriles is 2. The van der Waals surface area contributed by atoms with Crippen molar-refractivity contribution in [2.24, 2.45) is 0 Å². The minimum atomic E-state index is -0.346. The van der Waals surface area contributed by atoms with Gasteiger partial charge in [-0.3, -0.25) is 9.78 Å². The maximum atomic E-state index is 12.4. The van der Waals surface area contributed by atoms with Gasteiger partial charge in [0, 0.05) is 12.4 Å². The van der Waals surface area contributed by atoms with Gasteiger partial charge in [0.1, 0.15) is 12.7 Å². The molecule has 0 fully saturated rings. The second-order valence-electron chi connectivity index (χ2n) is 5.59. The molecule has 27 heavy (non-hydrogen) atoms. The van der Waals surface area contributed by atoms with Gasteiger partial charge in [0.2, 0.25) is 0 Å². The Kier molecular flexibility index (Phi) is 5.42. The Balaban J connectivity index is 1.82. The number of aromatic nitrogens is 1. The summed E-state index contributed by atoms with van der Waals surface area (Å²) >= 11 is 0. The van der Waals surface area contributed by atoms with Crippen molar-refractivity contribution in [2.75, 3.05) is 5.32 Å². The molecule has 1 aromatic heterocycles. The molecule has 0 bridgehead atoms. The zero-order valence-electron chi connectivity index (χ0n) is 14.2. The minimum absolute atomic E-state index is 0.195. The van der Waals surface area contributed by atoms with Crippen molar-refractivity contribution in [3.63, 3.8) is 0 Å².